The molecule has 2 rings (SSSR count). The van der Waals surface area contributed by atoms with Crippen LogP contribution in [0.1, 0.15) is 18.4 Å². The summed E-state index contributed by atoms with van der Waals surface area (Å²) in [5, 5.41) is 2.75. The molecule has 0 radical (unpaired) electrons. The molecule has 0 aromatic heterocycles. The number of benzene rings is 1. The predicted octanol–water partition coefficient (Wildman–Crippen LogP) is 2.81. The van der Waals surface area contributed by atoms with E-state index in [9.17, 15) is 21.6 Å². The Bertz CT molecular complexity index is 617. The van der Waals surface area contributed by atoms with E-state index in [-0.39, 0.29) is 23.5 Å². The van der Waals surface area contributed by atoms with Crippen molar-refractivity contribution in [2.24, 2.45) is 0 Å². The van der Waals surface area contributed by atoms with Gasteiger partial charge in [0.05, 0.1) is 10.5 Å². The fraction of sp³-hybridized carbons (Fsp3) is 0.500. The zero-order valence-electron chi connectivity index (χ0n) is 11.3. The zero-order chi connectivity index (χ0) is 15.7. The lowest BCUT2D eigenvalue weighted by molar-refractivity contribution is -0.137. The molecule has 0 bridgehead atoms. The summed E-state index contributed by atoms with van der Waals surface area (Å²) in [5.41, 5.74) is -1.09. The number of sulfonamides is 1. The highest BCUT2D eigenvalue weighted by molar-refractivity contribution is 7.89. The Labute approximate surface area is 137 Å². The van der Waals surface area contributed by atoms with Crippen molar-refractivity contribution >= 4 is 34.0 Å². The lowest BCUT2D eigenvalue weighted by Gasteiger charge is -2.23. The second-order valence-electron chi connectivity index (χ2n) is 4.84. The number of hydrogen-bond donors (Lipinski definition) is 2. The van der Waals surface area contributed by atoms with Gasteiger partial charge >= 0.3 is 6.18 Å². The molecule has 1 saturated heterocycles. The van der Waals surface area contributed by atoms with Crippen molar-refractivity contribution in [3.8, 4) is 0 Å². The minimum absolute atomic E-state index is 0. The van der Waals surface area contributed by atoms with E-state index in [0.29, 0.717) is 25.1 Å². The van der Waals surface area contributed by atoms with Gasteiger partial charge in [-0.1, -0.05) is 11.6 Å². The molecule has 2 N–H and O–H groups in total. The van der Waals surface area contributed by atoms with Crippen molar-refractivity contribution in [1.29, 1.82) is 0 Å². The molecular weight excluding hydrogens is 364 g/mol. The summed E-state index contributed by atoms with van der Waals surface area (Å²) in [6, 6.07) is 1.96. The number of hydrogen-bond acceptors (Lipinski definition) is 3. The highest BCUT2D eigenvalue weighted by atomic mass is 35.5. The molecule has 1 aliphatic rings. The van der Waals surface area contributed by atoms with Crippen molar-refractivity contribution in [3.05, 3.63) is 28.8 Å². The summed E-state index contributed by atoms with van der Waals surface area (Å²) in [4.78, 5) is -0.479. The van der Waals surface area contributed by atoms with E-state index in [1.54, 1.807) is 0 Å². The maximum Gasteiger partial charge on any atom is 0.416 e. The quantitative estimate of drug-likeness (QED) is 0.849. The van der Waals surface area contributed by atoms with Gasteiger partial charge in [-0.2, -0.15) is 13.2 Å². The molecular formula is C12H15Cl2F3N2O2S. The van der Waals surface area contributed by atoms with E-state index in [1.165, 1.54) is 0 Å². The van der Waals surface area contributed by atoms with E-state index >= 15 is 0 Å². The van der Waals surface area contributed by atoms with Gasteiger partial charge in [0.2, 0.25) is 10.0 Å². The third kappa shape index (κ3) is 4.99. The monoisotopic (exact) mass is 378 g/mol. The Morgan fingerprint density at radius 3 is 2.50 bits per heavy atom. The summed E-state index contributed by atoms with van der Waals surface area (Å²) in [6.45, 7) is 1.25. The molecule has 0 spiro atoms. The SMILES string of the molecule is Cl.O=S(=O)(NC1CCCNC1)c1cc(Cl)cc(C(F)(F)F)c1. The predicted molar refractivity (Wildman–Crippen MR) is 79.9 cm³/mol. The first-order valence-electron chi connectivity index (χ1n) is 6.29. The van der Waals surface area contributed by atoms with Crippen molar-refractivity contribution in [2.75, 3.05) is 13.1 Å². The number of halogens is 5. The van der Waals surface area contributed by atoms with E-state index in [4.69, 9.17) is 11.6 Å². The van der Waals surface area contributed by atoms with E-state index < -0.39 is 26.7 Å². The van der Waals surface area contributed by atoms with Crippen LogP contribution in [0.3, 0.4) is 0 Å². The topological polar surface area (TPSA) is 58.2 Å². The van der Waals surface area contributed by atoms with Crippen LogP contribution in [0.2, 0.25) is 5.02 Å². The van der Waals surface area contributed by atoms with Crippen LogP contribution in [0, 0.1) is 0 Å². The first kappa shape index (κ1) is 19.5. The number of rotatable bonds is 3. The Hall–Kier alpha value is -0.540. The second-order valence-corrected chi connectivity index (χ2v) is 6.99. The molecule has 4 nitrogen and oxygen atoms in total. The molecule has 1 fully saturated rings. The van der Waals surface area contributed by atoms with Gasteiger partial charge in [0.1, 0.15) is 0 Å². The number of alkyl halides is 3. The fourth-order valence-corrected chi connectivity index (χ4v) is 3.76. The summed E-state index contributed by atoms with van der Waals surface area (Å²) >= 11 is 5.60. The third-order valence-electron chi connectivity index (χ3n) is 3.13. The van der Waals surface area contributed by atoms with E-state index in [1.807, 2.05) is 0 Å². The normalized spacial score (nSPS) is 19.5. The van der Waals surface area contributed by atoms with Gasteiger partial charge in [0.25, 0.3) is 0 Å². The Morgan fingerprint density at radius 1 is 1.27 bits per heavy atom. The van der Waals surface area contributed by atoms with Crippen LogP contribution in [-0.2, 0) is 16.2 Å². The summed E-state index contributed by atoms with van der Waals surface area (Å²) in [6.07, 6.45) is -3.21. The van der Waals surface area contributed by atoms with Crippen molar-refractivity contribution in [3.63, 3.8) is 0 Å². The van der Waals surface area contributed by atoms with Crippen LogP contribution in [0.5, 0.6) is 0 Å². The van der Waals surface area contributed by atoms with Gasteiger partial charge in [-0.05, 0) is 37.6 Å². The first-order valence-corrected chi connectivity index (χ1v) is 8.15. The van der Waals surface area contributed by atoms with Gasteiger partial charge in [-0.15, -0.1) is 12.4 Å². The van der Waals surface area contributed by atoms with E-state index in [0.717, 1.165) is 19.0 Å². The third-order valence-corrected chi connectivity index (χ3v) is 4.85. The molecule has 0 aliphatic carbocycles. The van der Waals surface area contributed by atoms with Gasteiger partial charge in [-0.25, -0.2) is 13.1 Å². The largest absolute Gasteiger partial charge is 0.416 e. The number of nitrogens with one attached hydrogen (secondary N) is 2. The highest BCUT2D eigenvalue weighted by Crippen LogP contribution is 2.33. The van der Waals surface area contributed by atoms with Crippen molar-refractivity contribution in [1.82, 2.24) is 10.0 Å². The Balaban J connectivity index is 0.00000242. The average molecular weight is 379 g/mol. The Kier molecular flexibility index (Phi) is 6.52. The van der Waals surface area contributed by atoms with Gasteiger partial charge in [-0.3, -0.25) is 0 Å². The van der Waals surface area contributed by atoms with Gasteiger partial charge in [0, 0.05) is 17.6 Å². The molecule has 1 aliphatic heterocycles. The van der Waals surface area contributed by atoms with Gasteiger partial charge < -0.3 is 5.32 Å². The molecule has 22 heavy (non-hydrogen) atoms. The molecule has 1 aromatic carbocycles. The molecule has 1 aromatic rings. The van der Waals surface area contributed by atoms with Crippen LogP contribution in [-0.4, -0.2) is 27.5 Å². The number of piperidine rings is 1. The lowest BCUT2D eigenvalue weighted by Crippen LogP contribution is -2.45. The minimum Gasteiger partial charge on any atom is -0.315 e. The maximum atomic E-state index is 12.7. The van der Waals surface area contributed by atoms with Crippen molar-refractivity contribution in [2.45, 2.75) is 30.0 Å². The average Bonchev–Trinajstić information content (AvgIpc) is 2.37. The fourth-order valence-electron chi connectivity index (χ4n) is 2.12. The maximum absolute atomic E-state index is 12.7. The van der Waals surface area contributed by atoms with E-state index in [2.05, 4.69) is 10.0 Å². The van der Waals surface area contributed by atoms with Crippen LogP contribution in [0.25, 0.3) is 0 Å². The first-order chi connectivity index (χ1) is 9.68. The smallest absolute Gasteiger partial charge is 0.315 e. The standard InChI is InChI=1S/C12H14ClF3N2O2S.ClH/c13-9-4-8(12(14,15)16)5-11(6-9)21(19,20)18-10-2-1-3-17-7-10;/h4-6,10,17-18H,1-3,7H2;1H. The molecule has 1 heterocycles. The lowest BCUT2D eigenvalue weighted by atomic mass is 10.1. The Morgan fingerprint density at radius 2 is 1.95 bits per heavy atom. The highest BCUT2D eigenvalue weighted by Gasteiger charge is 2.33. The van der Waals surface area contributed by atoms with Crippen LogP contribution >= 0.6 is 24.0 Å². The van der Waals surface area contributed by atoms with Crippen LogP contribution < -0.4 is 10.0 Å². The van der Waals surface area contributed by atoms with Gasteiger partial charge in [0.15, 0.2) is 0 Å². The summed E-state index contributed by atoms with van der Waals surface area (Å²) in [5.74, 6) is 0. The summed E-state index contributed by atoms with van der Waals surface area (Å²) < 4.78 is 64.9. The van der Waals surface area contributed by atoms with Crippen LogP contribution in [0.15, 0.2) is 23.1 Å². The molecule has 1 unspecified atom stereocenters. The molecule has 0 amide bonds. The van der Waals surface area contributed by atoms with Crippen LogP contribution in [0.4, 0.5) is 13.2 Å². The summed E-state index contributed by atoms with van der Waals surface area (Å²) in [7, 11) is -4.04. The molecule has 126 valence electrons. The molecule has 0 saturated carbocycles. The van der Waals surface area contributed by atoms with Crippen molar-refractivity contribution < 1.29 is 21.6 Å². The second kappa shape index (κ2) is 7.35. The minimum atomic E-state index is -4.65. The zero-order valence-corrected chi connectivity index (χ0v) is 13.7. The molecule has 10 heteroatoms. The molecule has 1 atom stereocenters.